The topological polar surface area (TPSA) is 0 Å². The summed E-state index contributed by atoms with van der Waals surface area (Å²) < 4.78 is 0. The van der Waals surface area contributed by atoms with E-state index in [4.69, 9.17) is 62.0 Å². The number of benzene rings is 5. The van der Waals surface area contributed by atoms with Crippen molar-refractivity contribution in [3.05, 3.63) is 24.3 Å². The number of hydrogen-bond donors (Lipinski definition) is 0. The predicted molar refractivity (Wildman–Crippen MR) is 171 cm³/mol. The largest absolute Gasteiger partial charge is 0.114 e. The Labute approximate surface area is 222 Å². The van der Waals surface area contributed by atoms with Crippen molar-refractivity contribution in [2.75, 3.05) is 0 Å². The van der Waals surface area contributed by atoms with E-state index >= 15 is 0 Å². The molecule has 129 valence electrons. The summed E-state index contributed by atoms with van der Waals surface area (Å²) in [5.74, 6) is 0. The van der Waals surface area contributed by atoms with Gasteiger partial charge in [0.25, 0.3) is 0 Å². The normalized spacial score (nSPS) is 11.2. The molecule has 0 saturated carbocycles. The lowest BCUT2D eigenvalue weighted by molar-refractivity contribution is 1.95. The van der Waals surface area contributed by atoms with Crippen LogP contribution in [-0.4, -0.2) is 112 Å². The molecule has 0 spiro atoms. The average Bonchev–Trinajstić information content (AvgIpc) is 2.90. The summed E-state index contributed by atoms with van der Waals surface area (Å²) in [5, 5.41) is 6.91. The average molecular weight is 406 g/mol. The first-order valence-electron chi connectivity index (χ1n) is 11.0. The van der Waals surface area contributed by atoms with Crippen LogP contribution in [0, 0.1) is 0 Å². The van der Waals surface area contributed by atoms with E-state index in [1.54, 1.807) is 35.9 Å². The minimum atomic E-state index is 0.539. The summed E-state index contributed by atoms with van der Waals surface area (Å²) in [5.41, 5.74) is 5.90. The zero-order chi connectivity index (χ0) is 25.0. The summed E-state index contributed by atoms with van der Waals surface area (Å²) in [6.07, 6.45) is 0. The first-order chi connectivity index (χ1) is 17.0. The lowest BCUT2D eigenvalue weighted by Gasteiger charge is -2.28. The molecule has 5 rings (SSSR count). The number of hydrogen-bond acceptors (Lipinski definition) is 0. The minimum Gasteiger partial charge on any atom is -0.0914 e. The smallest absolute Gasteiger partial charge is 0.0914 e. The molecule has 0 heterocycles. The Morgan fingerprint density at radius 3 is 0.914 bits per heavy atom. The highest BCUT2D eigenvalue weighted by molar-refractivity contribution is 7.05. The second kappa shape index (κ2) is 9.68. The van der Waals surface area contributed by atoms with Gasteiger partial charge >= 0.3 is 0 Å². The molecule has 0 aliphatic heterocycles. The lowest BCUT2D eigenvalue weighted by atomic mass is 9.41. The fourth-order valence-corrected chi connectivity index (χ4v) is 5.48. The van der Waals surface area contributed by atoms with Gasteiger partial charge in [-0.15, -0.1) is 0 Å². The van der Waals surface area contributed by atoms with Crippen LogP contribution in [0.4, 0.5) is 0 Å². The Balaban J connectivity index is 2.32. The third-order valence-electron chi connectivity index (χ3n) is 6.81. The van der Waals surface area contributed by atoms with Crippen LogP contribution in [0.15, 0.2) is 24.3 Å². The van der Waals surface area contributed by atoms with Crippen molar-refractivity contribution in [1.82, 2.24) is 0 Å². The molecule has 5 aromatic carbocycles. The first-order valence-corrected chi connectivity index (χ1v) is 11.0. The molecule has 5 aromatic rings. The fourth-order valence-electron chi connectivity index (χ4n) is 5.48. The second-order valence-electron chi connectivity index (χ2n) is 8.39. The van der Waals surface area contributed by atoms with Gasteiger partial charge in [0, 0.05) is 54.2 Å². The predicted octanol–water partition coefficient (Wildman–Crippen LogP) is -6.58. The van der Waals surface area contributed by atoms with Crippen LogP contribution < -0.4 is 43.7 Å². The zero-order valence-electron chi connectivity index (χ0n) is 19.0. The van der Waals surface area contributed by atoms with Gasteiger partial charge in [-0.2, -0.15) is 0 Å². The molecular weight excluding hydrogens is 402 g/mol. The van der Waals surface area contributed by atoms with Crippen molar-refractivity contribution in [3.8, 4) is 0 Å². The Hall–Kier alpha value is -1.63. The second-order valence-corrected chi connectivity index (χ2v) is 8.39. The molecule has 35 heavy (non-hydrogen) atoms. The molecule has 0 aliphatic carbocycles. The van der Waals surface area contributed by atoms with E-state index in [-0.39, 0.29) is 0 Å². The van der Waals surface area contributed by atoms with E-state index in [0.717, 1.165) is 81.3 Å². The molecular formula is C20H4B15. The monoisotopic (exact) mass is 409 g/mol. The number of rotatable bonds is 7. The van der Waals surface area contributed by atoms with E-state index in [0.29, 0.717) is 5.46 Å². The van der Waals surface area contributed by atoms with Crippen LogP contribution in [0.2, 0.25) is 0 Å². The van der Waals surface area contributed by atoms with Crippen molar-refractivity contribution in [2.24, 2.45) is 0 Å². The molecule has 0 aliphatic rings. The van der Waals surface area contributed by atoms with Crippen molar-refractivity contribution in [2.45, 2.75) is 0 Å². The third-order valence-corrected chi connectivity index (χ3v) is 6.81. The number of fused-ring (bicyclic) bond motifs is 2. The van der Waals surface area contributed by atoms with Gasteiger partial charge in [0.05, 0.1) is 50.2 Å². The molecule has 23 radical (unpaired) electrons. The van der Waals surface area contributed by atoms with Crippen LogP contribution in [0.5, 0.6) is 0 Å². The molecule has 0 N–H and O–H groups in total. The van der Waals surface area contributed by atoms with Gasteiger partial charge in [-0.25, -0.2) is 0 Å². The van der Waals surface area contributed by atoms with E-state index in [1.165, 1.54) is 14.3 Å². The van der Waals surface area contributed by atoms with E-state index in [9.17, 15) is 0 Å². The highest BCUT2D eigenvalue weighted by Gasteiger charge is 2.24. The SMILES string of the molecule is [B][B]c1cc([B][B])c2c3c([B][B])cc([B][B])c4c([B][B])cc([B][B])c(c5c([B][B])cc([B])c1c52)c43. The Kier molecular flexibility index (Phi) is 6.93. The summed E-state index contributed by atoms with van der Waals surface area (Å²) in [7, 11) is 60.2. The van der Waals surface area contributed by atoms with Gasteiger partial charge in [0.15, 0.2) is 0 Å². The Morgan fingerprint density at radius 2 is 0.571 bits per heavy atom. The molecule has 0 unspecified atom stereocenters. The van der Waals surface area contributed by atoms with Crippen molar-refractivity contribution in [1.29, 1.82) is 0 Å². The Morgan fingerprint density at radius 1 is 0.314 bits per heavy atom. The molecule has 0 saturated heterocycles. The highest BCUT2D eigenvalue weighted by atomic mass is 14.2. The quantitative estimate of drug-likeness (QED) is 0.143. The van der Waals surface area contributed by atoms with E-state index in [1.807, 2.05) is 24.3 Å². The van der Waals surface area contributed by atoms with Crippen LogP contribution >= 0.6 is 0 Å². The zero-order valence-corrected chi connectivity index (χ0v) is 19.0. The van der Waals surface area contributed by atoms with Crippen molar-refractivity contribution in [3.63, 3.8) is 0 Å². The summed E-state index contributed by atoms with van der Waals surface area (Å²) in [4.78, 5) is 0. The fraction of sp³-hybridized carbons (Fsp3) is 0. The molecule has 0 aromatic heterocycles. The summed E-state index contributed by atoms with van der Waals surface area (Å²) in [6.45, 7) is 0. The maximum absolute atomic E-state index is 6.57. The lowest BCUT2D eigenvalue weighted by Crippen LogP contribution is -2.37. The van der Waals surface area contributed by atoms with Crippen LogP contribution in [0.25, 0.3) is 43.1 Å². The first kappa shape index (κ1) is 25.0. The molecule has 0 amide bonds. The van der Waals surface area contributed by atoms with Gasteiger partial charge < -0.3 is 0 Å². The molecule has 0 fully saturated rings. The van der Waals surface area contributed by atoms with Crippen LogP contribution in [0.3, 0.4) is 0 Å². The Bertz CT molecular complexity index is 1550. The third kappa shape index (κ3) is 3.50. The standard InChI is InChI=1S/C20H4B15/c21-5-1-6(29-22)15-17-11(34-27)3-8(31-24)14-9(32-25)4-12(35-28)18(20(14)17)16-10(33-26)2-7(30-23)13(5)19(15)16/h1-4H. The van der Waals surface area contributed by atoms with Gasteiger partial charge in [0.1, 0.15) is 7.85 Å². The highest BCUT2D eigenvalue weighted by Crippen LogP contribution is 2.35. The van der Waals surface area contributed by atoms with Gasteiger partial charge in [-0.05, 0) is 43.1 Å². The summed E-state index contributed by atoms with van der Waals surface area (Å²) >= 11 is 0. The molecule has 15 heteroatoms. The maximum atomic E-state index is 6.57. The van der Waals surface area contributed by atoms with Crippen molar-refractivity contribution >= 4 is 199 Å². The van der Waals surface area contributed by atoms with Crippen molar-refractivity contribution < 1.29 is 0 Å². The molecule has 0 atom stereocenters. The van der Waals surface area contributed by atoms with Crippen LogP contribution in [0.1, 0.15) is 0 Å². The van der Waals surface area contributed by atoms with E-state index < -0.39 is 0 Å². The maximum Gasteiger partial charge on any atom is 0.114 e. The van der Waals surface area contributed by atoms with E-state index in [2.05, 4.69) is 0 Å². The molecule has 0 nitrogen and oxygen atoms in total. The van der Waals surface area contributed by atoms with Gasteiger partial charge in [0.2, 0.25) is 0 Å². The minimum absolute atomic E-state index is 0.539. The molecule has 0 bridgehead atoms. The van der Waals surface area contributed by atoms with Crippen LogP contribution in [-0.2, 0) is 0 Å². The summed E-state index contributed by atoms with van der Waals surface area (Å²) in [6, 6.07) is 7.62. The van der Waals surface area contributed by atoms with Gasteiger partial charge in [-0.1, -0.05) is 68.0 Å². The van der Waals surface area contributed by atoms with Gasteiger partial charge in [-0.3, -0.25) is 0 Å².